The zero-order valence-electron chi connectivity index (χ0n) is 16.1. The SMILES string of the molecule is Cc1cc(Cn2cnc(Cc3ccc(C#N)cc3)c2)ccc1-c1cccc(Cl)c1. The lowest BCUT2D eigenvalue weighted by atomic mass is 9.98. The number of rotatable bonds is 5. The predicted octanol–water partition coefficient (Wildman–Crippen LogP) is 6.02. The zero-order valence-corrected chi connectivity index (χ0v) is 16.9. The zero-order chi connectivity index (χ0) is 20.2. The van der Waals surface area contributed by atoms with Gasteiger partial charge in [-0.25, -0.2) is 4.98 Å². The first-order chi connectivity index (χ1) is 14.1. The quantitative estimate of drug-likeness (QED) is 0.413. The molecular formula is C25H20ClN3. The van der Waals surface area contributed by atoms with E-state index in [1.807, 2.05) is 48.8 Å². The van der Waals surface area contributed by atoms with Gasteiger partial charge in [0, 0.05) is 24.2 Å². The Labute approximate surface area is 175 Å². The van der Waals surface area contributed by atoms with Crippen molar-refractivity contribution in [3.8, 4) is 17.2 Å². The molecule has 29 heavy (non-hydrogen) atoms. The maximum atomic E-state index is 8.90. The number of imidazole rings is 1. The van der Waals surface area contributed by atoms with E-state index in [-0.39, 0.29) is 0 Å². The van der Waals surface area contributed by atoms with E-state index in [9.17, 15) is 0 Å². The van der Waals surface area contributed by atoms with Crippen molar-refractivity contribution in [1.29, 1.82) is 5.26 Å². The largest absolute Gasteiger partial charge is 0.333 e. The summed E-state index contributed by atoms with van der Waals surface area (Å²) in [6, 6.07) is 24.3. The molecule has 3 nitrogen and oxygen atoms in total. The van der Waals surface area contributed by atoms with E-state index >= 15 is 0 Å². The number of benzene rings is 3. The Hall–Kier alpha value is -3.35. The minimum Gasteiger partial charge on any atom is -0.333 e. The fraction of sp³-hybridized carbons (Fsp3) is 0.120. The molecule has 0 spiro atoms. The molecule has 4 heteroatoms. The van der Waals surface area contributed by atoms with Gasteiger partial charge in [-0.1, -0.05) is 54.1 Å². The molecule has 0 N–H and O–H groups in total. The van der Waals surface area contributed by atoms with Crippen molar-refractivity contribution in [3.05, 3.63) is 112 Å². The first-order valence-corrected chi connectivity index (χ1v) is 9.84. The highest BCUT2D eigenvalue weighted by molar-refractivity contribution is 6.30. The van der Waals surface area contributed by atoms with E-state index in [1.54, 1.807) is 0 Å². The first-order valence-electron chi connectivity index (χ1n) is 9.46. The Morgan fingerprint density at radius 1 is 1.00 bits per heavy atom. The third-order valence-electron chi connectivity index (χ3n) is 4.95. The van der Waals surface area contributed by atoms with Crippen LogP contribution in [0.4, 0.5) is 0 Å². The summed E-state index contributed by atoms with van der Waals surface area (Å²) < 4.78 is 2.10. The number of hydrogen-bond donors (Lipinski definition) is 0. The highest BCUT2D eigenvalue weighted by Gasteiger charge is 2.06. The lowest BCUT2D eigenvalue weighted by Gasteiger charge is -2.10. The van der Waals surface area contributed by atoms with Gasteiger partial charge in [0.25, 0.3) is 0 Å². The summed E-state index contributed by atoms with van der Waals surface area (Å²) in [7, 11) is 0. The van der Waals surface area contributed by atoms with Gasteiger partial charge >= 0.3 is 0 Å². The Morgan fingerprint density at radius 3 is 2.52 bits per heavy atom. The van der Waals surface area contributed by atoms with Gasteiger partial charge in [-0.2, -0.15) is 5.26 Å². The smallest absolute Gasteiger partial charge is 0.0991 e. The van der Waals surface area contributed by atoms with Crippen LogP contribution in [-0.4, -0.2) is 9.55 Å². The number of nitriles is 1. The normalized spacial score (nSPS) is 10.7. The average molecular weight is 398 g/mol. The molecule has 0 saturated carbocycles. The van der Waals surface area contributed by atoms with Crippen LogP contribution in [0.15, 0.2) is 79.3 Å². The van der Waals surface area contributed by atoms with E-state index in [2.05, 4.69) is 53.0 Å². The molecule has 3 aromatic carbocycles. The lowest BCUT2D eigenvalue weighted by molar-refractivity contribution is 0.796. The second kappa shape index (κ2) is 8.34. The predicted molar refractivity (Wildman–Crippen MR) is 117 cm³/mol. The molecule has 4 aromatic rings. The summed E-state index contributed by atoms with van der Waals surface area (Å²) in [6.45, 7) is 2.90. The van der Waals surface area contributed by atoms with E-state index < -0.39 is 0 Å². The Balaban J connectivity index is 1.47. The third kappa shape index (κ3) is 4.56. The molecule has 1 heterocycles. The Bertz CT molecular complexity index is 1180. The number of hydrogen-bond acceptors (Lipinski definition) is 2. The van der Waals surface area contributed by atoms with Gasteiger partial charge in [0.15, 0.2) is 0 Å². The molecular weight excluding hydrogens is 378 g/mol. The molecule has 0 amide bonds. The van der Waals surface area contributed by atoms with Crippen LogP contribution in [-0.2, 0) is 13.0 Å². The highest BCUT2D eigenvalue weighted by Crippen LogP contribution is 2.26. The van der Waals surface area contributed by atoms with Crippen molar-refractivity contribution in [2.24, 2.45) is 0 Å². The van der Waals surface area contributed by atoms with Gasteiger partial charge < -0.3 is 4.57 Å². The average Bonchev–Trinajstić information content (AvgIpc) is 3.15. The van der Waals surface area contributed by atoms with Gasteiger partial charge in [-0.15, -0.1) is 0 Å². The number of nitrogens with zero attached hydrogens (tertiary/aromatic N) is 3. The molecule has 0 fully saturated rings. The van der Waals surface area contributed by atoms with Crippen LogP contribution in [0.25, 0.3) is 11.1 Å². The first kappa shape index (κ1) is 19.0. The molecule has 0 radical (unpaired) electrons. The van der Waals surface area contributed by atoms with Gasteiger partial charge in [-0.3, -0.25) is 0 Å². The molecule has 0 atom stereocenters. The van der Waals surface area contributed by atoms with Gasteiger partial charge in [0.1, 0.15) is 0 Å². The van der Waals surface area contributed by atoms with E-state index in [0.29, 0.717) is 5.56 Å². The van der Waals surface area contributed by atoms with E-state index in [4.69, 9.17) is 16.9 Å². The van der Waals surface area contributed by atoms with E-state index in [1.165, 1.54) is 16.7 Å². The molecule has 142 valence electrons. The van der Waals surface area contributed by atoms with Crippen LogP contribution in [0.2, 0.25) is 5.02 Å². The van der Waals surface area contributed by atoms with Gasteiger partial charge in [-0.05, 0) is 59.0 Å². The molecule has 0 aliphatic carbocycles. The minimum atomic E-state index is 0.677. The van der Waals surface area contributed by atoms with Crippen LogP contribution >= 0.6 is 11.6 Å². The number of halogens is 1. The summed E-state index contributed by atoms with van der Waals surface area (Å²) in [6.07, 6.45) is 4.71. The molecule has 0 aliphatic heterocycles. The molecule has 0 aliphatic rings. The lowest BCUT2D eigenvalue weighted by Crippen LogP contribution is -1.97. The number of aromatic nitrogens is 2. The summed E-state index contributed by atoms with van der Waals surface area (Å²) in [4.78, 5) is 4.53. The van der Waals surface area contributed by atoms with Gasteiger partial charge in [0.05, 0.1) is 23.7 Å². The molecule has 0 saturated heterocycles. The fourth-order valence-corrected chi connectivity index (χ4v) is 3.70. The monoisotopic (exact) mass is 397 g/mol. The van der Waals surface area contributed by atoms with Crippen molar-refractivity contribution in [2.75, 3.05) is 0 Å². The second-order valence-corrected chi connectivity index (χ2v) is 7.62. The maximum Gasteiger partial charge on any atom is 0.0991 e. The van der Waals surface area contributed by atoms with Crippen LogP contribution in [0.3, 0.4) is 0 Å². The van der Waals surface area contributed by atoms with E-state index in [0.717, 1.165) is 34.8 Å². The summed E-state index contributed by atoms with van der Waals surface area (Å²) in [5.41, 5.74) is 7.63. The van der Waals surface area contributed by atoms with Crippen LogP contribution in [0.1, 0.15) is 27.9 Å². The van der Waals surface area contributed by atoms with Crippen molar-refractivity contribution in [2.45, 2.75) is 19.9 Å². The molecule has 4 rings (SSSR count). The minimum absolute atomic E-state index is 0.677. The Morgan fingerprint density at radius 2 is 1.79 bits per heavy atom. The standard InChI is InChI=1S/C25H20ClN3/c1-18-11-21(9-10-25(18)22-3-2-4-23(26)13-22)15-29-16-24(28-17-29)12-19-5-7-20(14-27)8-6-19/h2-11,13,16-17H,12,15H2,1H3. The summed E-state index contributed by atoms with van der Waals surface area (Å²) >= 11 is 6.14. The maximum absolute atomic E-state index is 8.90. The van der Waals surface area contributed by atoms with Gasteiger partial charge in [0.2, 0.25) is 0 Å². The Kier molecular flexibility index (Phi) is 5.46. The molecule has 1 aromatic heterocycles. The van der Waals surface area contributed by atoms with Crippen molar-refractivity contribution in [1.82, 2.24) is 9.55 Å². The van der Waals surface area contributed by atoms with Crippen molar-refractivity contribution in [3.63, 3.8) is 0 Å². The van der Waals surface area contributed by atoms with Crippen molar-refractivity contribution < 1.29 is 0 Å². The molecule has 0 unspecified atom stereocenters. The third-order valence-corrected chi connectivity index (χ3v) is 5.18. The van der Waals surface area contributed by atoms with Crippen LogP contribution in [0.5, 0.6) is 0 Å². The fourth-order valence-electron chi connectivity index (χ4n) is 3.51. The van der Waals surface area contributed by atoms with Crippen LogP contribution in [0, 0.1) is 18.3 Å². The summed E-state index contributed by atoms with van der Waals surface area (Å²) in [5, 5.41) is 9.65. The summed E-state index contributed by atoms with van der Waals surface area (Å²) in [5.74, 6) is 0. The molecule has 0 bridgehead atoms. The number of aryl methyl sites for hydroxylation is 1. The van der Waals surface area contributed by atoms with Crippen LogP contribution < -0.4 is 0 Å². The topological polar surface area (TPSA) is 41.6 Å². The van der Waals surface area contributed by atoms with Crippen molar-refractivity contribution >= 4 is 11.6 Å². The second-order valence-electron chi connectivity index (χ2n) is 7.18. The highest BCUT2D eigenvalue weighted by atomic mass is 35.5.